The van der Waals surface area contributed by atoms with Gasteiger partial charge in [0, 0.05) is 43.0 Å². The zero-order valence-corrected chi connectivity index (χ0v) is 18.2. The Morgan fingerprint density at radius 2 is 1.87 bits per heavy atom. The van der Waals surface area contributed by atoms with Crippen molar-refractivity contribution in [1.29, 1.82) is 0 Å². The summed E-state index contributed by atoms with van der Waals surface area (Å²) < 4.78 is 5.95. The van der Waals surface area contributed by atoms with E-state index >= 15 is 0 Å². The van der Waals surface area contributed by atoms with Gasteiger partial charge in [-0.15, -0.1) is 0 Å². The number of ether oxygens (including phenoxy) is 1. The highest BCUT2D eigenvalue weighted by Gasteiger charge is 2.34. The van der Waals surface area contributed by atoms with E-state index in [2.05, 4.69) is 23.3 Å². The number of hydrogen-bond acceptors (Lipinski definition) is 4. The molecule has 4 rings (SSSR count). The molecule has 0 radical (unpaired) electrons. The molecule has 2 saturated heterocycles. The highest BCUT2D eigenvalue weighted by Crippen LogP contribution is 2.27. The van der Waals surface area contributed by atoms with Crippen molar-refractivity contribution in [2.24, 2.45) is 5.92 Å². The van der Waals surface area contributed by atoms with Crippen LogP contribution in [0.5, 0.6) is 5.75 Å². The number of benzene rings is 1. The van der Waals surface area contributed by atoms with Crippen LogP contribution in [0.15, 0.2) is 48.8 Å². The quantitative estimate of drug-likeness (QED) is 0.738. The predicted molar refractivity (Wildman–Crippen MR) is 119 cm³/mol. The Morgan fingerprint density at radius 1 is 1.13 bits per heavy atom. The van der Waals surface area contributed by atoms with Gasteiger partial charge in [0.15, 0.2) is 0 Å². The van der Waals surface area contributed by atoms with Gasteiger partial charge in [-0.3, -0.25) is 9.78 Å². The number of hydrogen-bond donors (Lipinski definition) is 1. The first kappa shape index (κ1) is 21.2. The van der Waals surface area contributed by atoms with E-state index in [-0.39, 0.29) is 24.0 Å². The smallest absolute Gasteiger partial charge is 0.321 e. The van der Waals surface area contributed by atoms with Gasteiger partial charge in [-0.1, -0.05) is 26.3 Å². The van der Waals surface area contributed by atoms with Gasteiger partial charge in [0.2, 0.25) is 5.91 Å². The van der Waals surface area contributed by atoms with E-state index in [1.807, 2.05) is 48.4 Å². The lowest BCUT2D eigenvalue weighted by atomic mass is 9.93. The third-order valence-electron chi connectivity index (χ3n) is 6.04. The van der Waals surface area contributed by atoms with Crippen LogP contribution >= 0.6 is 0 Å². The molecule has 2 aliphatic heterocycles. The molecule has 3 heterocycles. The van der Waals surface area contributed by atoms with Crippen molar-refractivity contribution in [1.82, 2.24) is 14.8 Å². The number of nitrogens with one attached hydrogen (secondary N) is 1. The maximum atomic E-state index is 12.4. The van der Waals surface area contributed by atoms with E-state index < -0.39 is 0 Å². The molecule has 164 valence electrons. The van der Waals surface area contributed by atoms with Crippen LogP contribution in [0.2, 0.25) is 0 Å². The van der Waals surface area contributed by atoms with E-state index in [0.29, 0.717) is 32.1 Å². The highest BCUT2D eigenvalue weighted by atomic mass is 16.5. The van der Waals surface area contributed by atoms with E-state index in [1.54, 1.807) is 11.1 Å². The van der Waals surface area contributed by atoms with E-state index in [9.17, 15) is 9.59 Å². The molecule has 1 N–H and O–H groups in total. The first-order chi connectivity index (χ1) is 15.0. The van der Waals surface area contributed by atoms with Crippen molar-refractivity contribution in [2.45, 2.75) is 38.7 Å². The van der Waals surface area contributed by atoms with Gasteiger partial charge in [0.1, 0.15) is 11.9 Å². The second-order valence-corrected chi connectivity index (χ2v) is 8.52. The summed E-state index contributed by atoms with van der Waals surface area (Å²) in [5.74, 6) is 1.41. The summed E-state index contributed by atoms with van der Waals surface area (Å²) in [7, 11) is 0. The zero-order chi connectivity index (χ0) is 21.8. The molecule has 0 bridgehead atoms. The topological polar surface area (TPSA) is 74.8 Å². The molecule has 0 aliphatic carbocycles. The Kier molecular flexibility index (Phi) is 6.39. The maximum Gasteiger partial charge on any atom is 0.321 e. The Bertz CT molecular complexity index is 891. The minimum Gasteiger partial charge on any atom is -0.487 e. The van der Waals surface area contributed by atoms with Gasteiger partial charge in [-0.05, 0) is 42.3 Å². The zero-order valence-electron chi connectivity index (χ0n) is 18.2. The van der Waals surface area contributed by atoms with Crippen LogP contribution in [0.4, 0.5) is 10.5 Å². The number of urea groups is 1. The lowest BCUT2D eigenvalue weighted by Crippen LogP contribution is -2.57. The monoisotopic (exact) mass is 422 g/mol. The van der Waals surface area contributed by atoms with Gasteiger partial charge in [-0.2, -0.15) is 0 Å². The summed E-state index contributed by atoms with van der Waals surface area (Å²) in [6.07, 6.45) is 5.60. The SMILES string of the molecule is CCCC(C)C(=O)N1CC(Oc2ccc(NC(=O)N3CC(c4cccnc4)C3)cc2)C1. The number of anilines is 1. The molecule has 3 amide bonds. The van der Waals surface area contributed by atoms with Gasteiger partial charge in [0.25, 0.3) is 0 Å². The molecule has 0 spiro atoms. The molecule has 2 aromatic rings. The van der Waals surface area contributed by atoms with Crippen molar-refractivity contribution >= 4 is 17.6 Å². The van der Waals surface area contributed by atoms with Crippen LogP contribution in [0.3, 0.4) is 0 Å². The van der Waals surface area contributed by atoms with Gasteiger partial charge < -0.3 is 19.9 Å². The molecule has 1 aromatic heterocycles. The van der Waals surface area contributed by atoms with Crippen LogP contribution in [-0.2, 0) is 4.79 Å². The molecule has 2 fully saturated rings. The third kappa shape index (κ3) is 4.98. The van der Waals surface area contributed by atoms with Crippen LogP contribution in [0.1, 0.15) is 38.2 Å². The summed E-state index contributed by atoms with van der Waals surface area (Å²) in [6, 6.07) is 11.3. The first-order valence-corrected chi connectivity index (χ1v) is 11.0. The molecule has 2 aliphatic rings. The Hall–Kier alpha value is -3.09. The number of nitrogens with zero attached hydrogens (tertiary/aromatic N) is 3. The number of pyridine rings is 1. The standard InChI is InChI=1S/C24H30N4O3/c1-3-5-17(2)23(29)27-15-22(16-27)31-21-9-7-20(8-10-21)26-24(30)28-13-19(14-28)18-6-4-11-25-12-18/h4,6-12,17,19,22H,3,5,13-16H2,1-2H3,(H,26,30). The molecule has 1 unspecified atom stereocenters. The fraction of sp³-hybridized carbons (Fsp3) is 0.458. The summed E-state index contributed by atoms with van der Waals surface area (Å²) >= 11 is 0. The van der Waals surface area contributed by atoms with Crippen LogP contribution in [0, 0.1) is 5.92 Å². The first-order valence-electron chi connectivity index (χ1n) is 11.0. The molecule has 0 saturated carbocycles. The van der Waals surface area contributed by atoms with Crippen LogP contribution in [0.25, 0.3) is 0 Å². The number of aromatic nitrogens is 1. The summed E-state index contributed by atoms with van der Waals surface area (Å²) in [5.41, 5.74) is 1.91. The second-order valence-electron chi connectivity index (χ2n) is 8.52. The lowest BCUT2D eigenvalue weighted by Gasteiger charge is -2.40. The fourth-order valence-electron chi connectivity index (χ4n) is 4.05. The number of rotatable bonds is 7. The van der Waals surface area contributed by atoms with Crippen molar-refractivity contribution < 1.29 is 14.3 Å². The maximum absolute atomic E-state index is 12.4. The van der Waals surface area contributed by atoms with E-state index in [4.69, 9.17) is 4.74 Å². The Balaban J connectivity index is 1.19. The lowest BCUT2D eigenvalue weighted by molar-refractivity contribution is -0.144. The molecule has 7 nitrogen and oxygen atoms in total. The van der Waals surface area contributed by atoms with E-state index in [0.717, 1.165) is 24.3 Å². The average molecular weight is 423 g/mol. The number of carbonyl (C=O) groups is 2. The van der Waals surface area contributed by atoms with Gasteiger partial charge >= 0.3 is 6.03 Å². The number of amides is 3. The van der Waals surface area contributed by atoms with Gasteiger partial charge in [-0.25, -0.2) is 4.79 Å². The van der Waals surface area contributed by atoms with Gasteiger partial charge in [0.05, 0.1) is 13.1 Å². The van der Waals surface area contributed by atoms with Crippen molar-refractivity contribution in [3.8, 4) is 5.75 Å². The van der Waals surface area contributed by atoms with Crippen molar-refractivity contribution in [2.75, 3.05) is 31.5 Å². The molecule has 1 atom stereocenters. The Labute approximate surface area is 183 Å². The fourth-order valence-corrected chi connectivity index (χ4v) is 4.05. The normalized spacial score (nSPS) is 17.5. The molecular weight excluding hydrogens is 392 g/mol. The number of likely N-dealkylation sites (tertiary alicyclic amines) is 2. The average Bonchev–Trinajstić information content (AvgIpc) is 2.71. The molecule has 31 heavy (non-hydrogen) atoms. The highest BCUT2D eigenvalue weighted by molar-refractivity contribution is 5.90. The largest absolute Gasteiger partial charge is 0.487 e. The summed E-state index contributed by atoms with van der Waals surface area (Å²) in [5, 5.41) is 2.93. The van der Waals surface area contributed by atoms with Crippen molar-refractivity contribution in [3.63, 3.8) is 0 Å². The second kappa shape index (κ2) is 9.37. The number of carbonyl (C=O) groups excluding carboxylic acids is 2. The minimum atomic E-state index is -0.0943. The van der Waals surface area contributed by atoms with Crippen LogP contribution < -0.4 is 10.1 Å². The predicted octanol–water partition coefficient (Wildman–Crippen LogP) is 3.74. The molecule has 1 aromatic carbocycles. The van der Waals surface area contributed by atoms with E-state index in [1.165, 1.54) is 5.56 Å². The molecule has 7 heteroatoms. The summed E-state index contributed by atoms with van der Waals surface area (Å²) in [4.78, 5) is 32.5. The summed E-state index contributed by atoms with van der Waals surface area (Å²) in [6.45, 7) is 6.77. The molecular formula is C24H30N4O3. The Morgan fingerprint density at radius 3 is 2.52 bits per heavy atom. The minimum absolute atomic E-state index is 0.0312. The van der Waals surface area contributed by atoms with Crippen LogP contribution in [-0.4, -0.2) is 59.0 Å². The van der Waals surface area contributed by atoms with Crippen molar-refractivity contribution in [3.05, 3.63) is 54.4 Å². The third-order valence-corrected chi connectivity index (χ3v) is 6.04.